The molecule has 7 nitrogen and oxygen atoms in total. The Hall–Kier alpha value is -1.73. The van der Waals surface area contributed by atoms with Gasteiger partial charge in [0.1, 0.15) is 17.5 Å². The van der Waals surface area contributed by atoms with Crippen molar-refractivity contribution in [3.8, 4) is 0 Å². The molecule has 0 aromatic carbocycles. The van der Waals surface area contributed by atoms with Crippen molar-refractivity contribution in [3.05, 3.63) is 29.3 Å². The summed E-state index contributed by atoms with van der Waals surface area (Å²) in [5, 5.41) is 15.7. The van der Waals surface area contributed by atoms with Crippen LogP contribution in [0.15, 0.2) is 17.0 Å². The molecule has 2 aromatic rings. The number of aryl methyl sites for hydroxylation is 1. The summed E-state index contributed by atoms with van der Waals surface area (Å²) >= 11 is 0. The average molecular weight is 303 g/mol. The molecular weight excluding hydrogens is 282 g/mol. The Morgan fingerprint density at radius 1 is 1.32 bits per heavy atom. The van der Waals surface area contributed by atoms with Crippen molar-refractivity contribution in [1.29, 1.82) is 0 Å². The van der Waals surface area contributed by atoms with Gasteiger partial charge in [0, 0.05) is 37.5 Å². The summed E-state index contributed by atoms with van der Waals surface area (Å²) in [6.07, 6.45) is 7.80. The molecule has 22 heavy (non-hydrogen) atoms. The van der Waals surface area contributed by atoms with Crippen molar-refractivity contribution in [2.75, 3.05) is 6.61 Å². The van der Waals surface area contributed by atoms with Crippen LogP contribution < -0.4 is 5.32 Å². The molecule has 2 aliphatic rings. The molecule has 2 aromatic heterocycles. The SMILES string of the molecule is Cc1nonc1CN[C@H]1CCO[C@@H]1c1cnn(CC2CC2)c1. The molecule has 0 radical (unpaired) electrons. The van der Waals surface area contributed by atoms with E-state index in [-0.39, 0.29) is 12.1 Å². The average Bonchev–Trinajstić information content (AvgIpc) is 2.92. The Morgan fingerprint density at radius 3 is 3.00 bits per heavy atom. The zero-order chi connectivity index (χ0) is 14.9. The molecule has 1 saturated carbocycles. The summed E-state index contributed by atoms with van der Waals surface area (Å²) in [4.78, 5) is 0. The molecule has 1 aliphatic carbocycles. The van der Waals surface area contributed by atoms with Crippen LogP contribution in [0.1, 0.15) is 42.3 Å². The van der Waals surface area contributed by atoms with Gasteiger partial charge in [-0.2, -0.15) is 5.10 Å². The molecule has 0 spiro atoms. The van der Waals surface area contributed by atoms with Crippen LogP contribution in [0.3, 0.4) is 0 Å². The van der Waals surface area contributed by atoms with E-state index < -0.39 is 0 Å². The minimum atomic E-state index is 0.0631. The van der Waals surface area contributed by atoms with Crippen LogP contribution in [0.2, 0.25) is 0 Å². The molecule has 4 rings (SSSR count). The Labute approximate surface area is 129 Å². The van der Waals surface area contributed by atoms with Gasteiger partial charge in [0.05, 0.1) is 6.20 Å². The van der Waals surface area contributed by atoms with Gasteiger partial charge in [-0.3, -0.25) is 4.68 Å². The summed E-state index contributed by atoms with van der Waals surface area (Å²) in [5.74, 6) is 0.828. The zero-order valence-electron chi connectivity index (χ0n) is 12.7. The summed E-state index contributed by atoms with van der Waals surface area (Å²) in [5.41, 5.74) is 2.85. The first-order valence-corrected chi connectivity index (χ1v) is 7.95. The van der Waals surface area contributed by atoms with Crippen LogP contribution in [-0.2, 0) is 17.8 Å². The highest BCUT2D eigenvalue weighted by atomic mass is 16.6. The van der Waals surface area contributed by atoms with Crippen LogP contribution in [-0.4, -0.2) is 32.7 Å². The molecule has 7 heteroatoms. The first-order valence-electron chi connectivity index (χ1n) is 7.95. The van der Waals surface area contributed by atoms with E-state index in [1.54, 1.807) is 0 Å². The maximum absolute atomic E-state index is 5.91. The largest absolute Gasteiger partial charge is 0.372 e. The van der Waals surface area contributed by atoms with Gasteiger partial charge in [-0.15, -0.1) is 0 Å². The fourth-order valence-electron chi connectivity index (χ4n) is 2.96. The van der Waals surface area contributed by atoms with E-state index in [2.05, 4.69) is 31.6 Å². The molecule has 1 aliphatic heterocycles. The summed E-state index contributed by atoms with van der Waals surface area (Å²) < 4.78 is 12.7. The fraction of sp³-hybridized carbons (Fsp3) is 0.667. The number of hydrogen-bond acceptors (Lipinski definition) is 6. The van der Waals surface area contributed by atoms with Crippen LogP contribution in [0, 0.1) is 12.8 Å². The number of nitrogens with one attached hydrogen (secondary N) is 1. The van der Waals surface area contributed by atoms with Gasteiger partial charge < -0.3 is 10.1 Å². The number of aromatic nitrogens is 4. The maximum Gasteiger partial charge on any atom is 0.121 e. The number of rotatable bonds is 6. The molecule has 2 atom stereocenters. The van der Waals surface area contributed by atoms with Crippen LogP contribution in [0.25, 0.3) is 0 Å². The molecule has 0 bridgehead atoms. The van der Waals surface area contributed by atoms with Crippen molar-refractivity contribution in [1.82, 2.24) is 25.4 Å². The predicted molar refractivity (Wildman–Crippen MR) is 77.9 cm³/mol. The third kappa shape index (κ3) is 2.91. The lowest BCUT2D eigenvalue weighted by Crippen LogP contribution is -2.31. The summed E-state index contributed by atoms with van der Waals surface area (Å²) in [7, 11) is 0. The van der Waals surface area contributed by atoms with Crippen molar-refractivity contribution in [2.45, 2.75) is 51.4 Å². The lowest BCUT2D eigenvalue weighted by molar-refractivity contribution is 0.0982. The molecule has 0 unspecified atom stereocenters. The maximum atomic E-state index is 5.91. The van der Waals surface area contributed by atoms with Gasteiger partial charge in [0.2, 0.25) is 0 Å². The Morgan fingerprint density at radius 2 is 2.23 bits per heavy atom. The topological polar surface area (TPSA) is 78.0 Å². The van der Waals surface area contributed by atoms with Gasteiger partial charge in [0.25, 0.3) is 0 Å². The van der Waals surface area contributed by atoms with Gasteiger partial charge in [-0.1, -0.05) is 10.3 Å². The van der Waals surface area contributed by atoms with Crippen LogP contribution in [0.4, 0.5) is 0 Å². The van der Waals surface area contributed by atoms with E-state index in [9.17, 15) is 0 Å². The second-order valence-corrected chi connectivity index (χ2v) is 6.30. The minimum Gasteiger partial charge on any atom is -0.372 e. The lowest BCUT2D eigenvalue weighted by atomic mass is 10.1. The summed E-state index contributed by atoms with van der Waals surface area (Å²) in [6.45, 7) is 4.36. The number of ether oxygens (including phenoxy) is 1. The molecule has 3 heterocycles. The molecule has 2 fully saturated rings. The first kappa shape index (κ1) is 13.9. The van der Waals surface area contributed by atoms with Gasteiger partial charge >= 0.3 is 0 Å². The smallest absolute Gasteiger partial charge is 0.121 e. The van der Waals surface area contributed by atoms with Crippen LogP contribution in [0.5, 0.6) is 0 Å². The molecule has 0 amide bonds. The quantitative estimate of drug-likeness (QED) is 0.873. The lowest BCUT2D eigenvalue weighted by Gasteiger charge is -2.18. The van der Waals surface area contributed by atoms with E-state index in [4.69, 9.17) is 9.37 Å². The van der Waals surface area contributed by atoms with Gasteiger partial charge in [-0.25, -0.2) is 4.63 Å². The molecule has 1 N–H and O–H groups in total. The highest BCUT2D eigenvalue weighted by molar-refractivity contribution is 5.13. The Bertz CT molecular complexity index is 633. The van der Waals surface area contributed by atoms with E-state index in [0.29, 0.717) is 6.54 Å². The van der Waals surface area contributed by atoms with Gasteiger partial charge in [-0.05, 0) is 32.1 Å². The normalized spacial score (nSPS) is 25.0. The highest BCUT2D eigenvalue weighted by Gasteiger charge is 2.31. The van der Waals surface area contributed by atoms with Crippen molar-refractivity contribution in [2.24, 2.45) is 5.92 Å². The van der Waals surface area contributed by atoms with Crippen LogP contribution >= 0.6 is 0 Å². The van der Waals surface area contributed by atoms with E-state index in [0.717, 1.165) is 42.4 Å². The molecule has 118 valence electrons. The van der Waals surface area contributed by atoms with E-state index in [1.165, 1.54) is 12.8 Å². The monoisotopic (exact) mass is 303 g/mol. The first-order chi connectivity index (χ1) is 10.8. The molecule has 1 saturated heterocycles. The predicted octanol–water partition coefficient (Wildman–Crippen LogP) is 1.60. The fourth-order valence-corrected chi connectivity index (χ4v) is 2.96. The van der Waals surface area contributed by atoms with E-state index >= 15 is 0 Å². The summed E-state index contributed by atoms with van der Waals surface area (Å²) in [6, 6.07) is 0.273. The highest BCUT2D eigenvalue weighted by Crippen LogP contribution is 2.32. The third-order valence-corrected chi connectivity index (χ3v) is 4.49. The second-order valence-electron chi connectivity index (χ2n) is 6.30. The van der Waals surface area contributed by atoms with Gasteiger partial charge in [0.15, 0.2) is 0 Å². The zero-order valence-corrected chi connectivity index (χ0v) is 12.7. The molecular formula is C15H21N5O2. The van der Waals surface area contributed by atoms with Crippen molar-refractivity contribution in [3.63, 3.8) is 0 Å². The number of nitrogens with zero attached hydrogens (tertiary/aromatic N) is 4. The van der Waals surface area contributed by atoms with Crippen molar-refractivity contribution >= 4 is 0 Å². The van der Waals surface area contributed by atoms with Crippen molar-refractivity contribution < 1.29 is 9.37 Å². The standard InChI is InChI=1S/C15H21N5O2/c1-10-14(19-22-18-10)7-16-13-4-5-21-15(13)12-6-17-20(9-12)8-11-2-3-11/h6,9,11,13,15-16H,2-5,7-8H2,1H3/t13-,15+/m0/s1. The minimum absolute atomic E-state index is 0.0631. The van der Waals surface area contributed by atoms with E-state index in [1.807, 2.05) is 13.1 Å². The number of hydrogen-bond donors (Lipinski definition) is 1. The Kier molecular flexibility index (Phi) is 3.67. The second kappa shape index (κ2) is 5.81. The third-order valence-electron chi connectivity index (χ3n) is 4.49. The Balaban J connectivity index is 1.39.